The van der Waals surface area contributed by atoms with E-state index < -0.39 is 6.10 Å². The lowest BCUT2D eigenvalue weighted by atomic mass is 10.1. The largest absolute Gasteiger partial charge is 0.490 e. The van der Waals surface area contributed by atoms with Gasteiger partial charge in [0.1, 0.15) is 12.4 Å². The van der Waals surface area contributed by atoms with Gasteiger partial charge in [-0.25, -0.2) is 4.79 Å². The van der Waals surface area contributed by atoms with Gasteiger partial charge in [-0.1, -0.05) is 18.2 Å². The number of ether oxygens (including phenoxy) is 3. The second-order valence-corrected chi connectivity index (χ2v) is 7.08. The highest BCUT2D eigenvalue weighted by molar-refractivity contribution is 5.99. The molecule has 158 valence electrons. The van der Waals surface area contributed by atoms with Crippen LogP contribution in [0.3, 0.4) is 0 Å². The first kappa shape index (κ1) is 20.8. The molecule has 1 atom stereocenters. The molecule has 0 bridgehead atoms. The molecule has 0 saturated heterocycles. The van der Waals surface area contributed by atoms with Gasteiger partial charge in [0.25, 0.3) is 0 Å². The zero-order chi connectivity index (χ0) is 21.6. The summed E-state index contributed by atoms with van der Waals surface area (Å²) in [4.78, 5) is 20.8. The molecule has 0 fully saturated rings. The van der Waals surface area contributed by atoms with E-state index in [1.165, 1.54) is 7.11 Å². The SMILES string of the molecule is CCOC(=O)C(Cc1cccc(OCC=C2c3cnccc3-c3cccnc32)c1)OC. The fourth-order valence-electron chi connectivity index (χ4n) is 3.71. The van der Waals surface area contributed by atoms with Crippen molar-refractivity contribution in [2.45, 2.75) is 19.4 Å². The summed E-state index contributed by atoms with van der Waals surface area (Å²) >= 11 is 0. The van der Waals surface area contributed by atoms with Crippen LogP contribution in [0.5, 0.6) is 5.75 Å². The van der Waals surface area contributed by atoms with Gasteiger partial charge in [-0.15, -0.1) is 0 Å². The summed E-state index contributed by atoms with van der Waals surface area (Å²) in [6.07, 6.45) is 7.27. The van der Waals surface area contributed by atoms with Crippen molar-refractivity contribution < 1.29 is 19.0 Å². The van der Waals surface area contributed by atoms with Gasteiger partial charge >= 0.3 is 5.97 Å². The van der Waals surface area contributed by atoms with Crippen LogP contribution in [0, 0.1) is 0 Å². The summed E-state index contributed by atoms with van der Waals surface area (Å²) in [6.45, 7) is 2.49. The predicted octanol–water partition coefficient (Wildman–Crippen LogP) is 4.09. The number of fused-ring (bicyclic) bond motifs is 3. The Balaban J connectivity index is 1.48. The van der Waals surface area contributed by atoms with E-state index in [-0.39, 0.29) is 5.97 Å². The van der Waals surface area contributed by atoms with E-state index in [0.29, 0.717) is 19.6 Å². The highest BCUT2D eigenvalue weighted by Crippen LogP contribution is 2.42. The lowest BCUT2D eigenvalue weighted by Crippen LogP contribution is -2.27. The molecule has 0 saturated carbocycles. The molecule has 0 radical (unpaired) electrons. The highest BCUT2D eigenvalue weighted by atomic mass is 16.6. The van der Waals surface area contributed by atoms with Crippen molar-refractivity contribution in [3.05, 3.63) is 84.0 Å². The second kappa shape index (κ2) is 9.53. The van der Waals surface area contributed by atoms with Crippen LogP contribution < -0.4 is 4.74 Å². The van der Waals surface area contributed by atoms with Crippen LogP contribution in [0.1, 0.15) is 23.7 Å². The van der Waals surface area contributed by atoms with Crippen molar-refractivity contribution in [2.75, 3.05) is 20.3 Å². The second-order valence-electron chi connectivity index (χ2n) is 7.08. The van der Waals surface area contributed by atoms with E-state index in [1.807, 2.05) is 48.7 Å². The van der Waals surface area contributed by atoms with Crippen molar-refractivity contribution in [2.24, 2.45) is 0 Å². The Kier molecular flexibility index (Phi) is 6.38. The zero-order valence-corrected chi connectivity index (χ0v) is 17.6. The number of nitrogens with zero attached hydrogens (tertiary/aromatic N) is 2. The molecule has 1 aliphatic carbocycles. The van der Waals surface area contributed by atoms with Gasteiger partial charge in [0.05, 0.1) is 12.3 Å². The Bertz CT molecular complexity index is 1060. The lowest BCUT2D eigenvalue weighted by Gasteiger charge is -2.14. The summed E-state index contributed by atoms with van der Waals surface area (Å²) in [5.74, 6) is 0.361. The van der Waals surface area contributed by atoms with Crippen molar-refractivity contribution in [3.63, 3.8) is 0 Å². The van der Waals surface area contributed by atoms with Crippen LogP contribution in [0.15, 0.2) is 67.1 Å². The maximum atomic E-state index is 12.0. The van der Waals surface area contributed by atoms with Gasteiger partial charge in [-0.2, -0.15) is 0 Å². The number of carbonyl (C=O) groups is 1. The van der Waals surface area contributed by atoms with Gasteiger partial charge in [-0.3, -0.25) is 9.97 Å². The fraction of sp³-hybridized carbons (Fsp3) is 0.240. The summed E-state index contributed by atoms with van der Waals surface area (Å²) in [7, 11) is 1.51. The van der Waals surface area contributed by atoms with Crippen molar-refractivity contribution in [1.82, 2.24) is 9.97 Å². The van der Waals surface area contributed by atoms with Gasteiger partial charge in [0.15, 0.2) is 6.10 Å². The first-order valence-corrected chi connectivity index (χ1v) is 10.2. The molecule has 6 heteroatoms. The minimum atomic E-state index is -0.637. The standard InChI is InChI=1S/C25H24N2O4/c1-3-30-25(28)23(29-2)15-17-6-4-7-18(14-17)31-13-10-21-22-16-26-12-9-19(22)20-8-5-11-27-24(20)21/h4-12,14,16,23H,3,13,15H2,1-2H3. The molecule has 1 aromatic carbocycles. The number of hydrogen-bond acceptors (Lipinski definition) is 6. The number of esters is 1. The average Bonchev–Trinajstić information content (AvgIpc) is 3.12. The summed E-state index contributed by atoms with van der Waals surface area (Å²) in [6, 6.07) is 13.7. The van der Waals surface area contributed by atoms with Crippen LogP contribution in [0.2, 0.25) is 0 Å². The van der Waals surface area contributed by atoms with E-state index in [2.05, 4.69) is 16.0 Å². The van der Waals surface area contributed by atoms with Gasteiger partial charge < -0.3 is 14.2 Å². The van der Waals surface area contributed by atoms with Gasteiger partial charge in [0, 0.05) is 48.8 Å². The number of methoxy groups -OCH3 is 1. The number of rotatable bonds is 8. The molecule has 3 aromatic rings. The first-order chi connectivity index (χ1) is 15.2. The number of pyridine rings is 2. The quantitative estimate of drug-likeness (QED) is 0.403. The topological polar surface area (TPSA) is 70.5 Å². The summed E-state index contributed by atoms with van der Waals surface area (Å²) < 4.78 is 16.3. The third kappa shape index (κ3) is 4.49. The molecule has 0 N–H and O–H groups in total. The fourth-order valence-corrected chi connectivity index (χ4v) is 3.71. The maximum absolute atomic E-state index is 12.0. The Morgan fingerprint density at radius 1 is 1.10 bits per heavy atom. The Hall–Kier alpha value is -3.51. The van der Waals surface area contributed by atoms with Crippen LogP contribution in [-0.2, 0) is 20.7 Å². The van der Waals surface area contributed by atoms with Crippen LogP contribution in [0.4, 0.5) is 0 Å². The minimum Gasteiger partial charge on any atom is -0.490 e. The monoisotopic (exact) mass is 416 g/mol. The molecule has 6 nitrogen and oxygen atoms in total. The molecule has 0 amide bonds. The molecular formula is C25H24N2O4. The molecule has 2 heterocycles. The third-order valence-electron chi connectivity index (χ3n) is 5.16. The van der Waals surface area contributed by atoms with Crippen LogP contribution in [-0.4, -0.2) is 42.4 Å². The third-order valence-corrected chi connectivity index (χ3v) is 5.16. The molecule has 1 aliphatic rings. The zero-order valence-electron chi connectivity index (χ0n) is 17.6. The number of benzene rings is 1. The molecule has 0 aliphatic heterocycles. The molecule has 0 spiro atoms. The molecule has 1 unspecified atom stereocenters. The first-order valence-electron chi connectivity index (χ1n) is 10.2. The van der Waals surface area contributed by atoms with E-state index in [1.54, 1.807) is 19.3 Å². The van der Waals surface area contributed by atoms with Crippen molar-refractivity contribution in [3.8, 4) is 16.9 Å². The molecule has 2 aromatic heterocycles. The van der Waals surface area contributed by atoms with Gasteiger partial charge in [0.2, 0.25) is 0 Å². The predicted molar refractivity (Wildman–Crippen MR) is 118 cm³/mol. The van der Waals surface area contributed by atoms with E-state index >= 15 is 0 Å². The van der Waals surface area contributed by atoms with E-state index in [9.17, 15) is 4.79 Å². The number of aromatic nitrogens is 2. The molecule has 4 rings (SSSR count). The summed E-state index contributed by atoms with van der Waals surface area (Å²) in [5, 5.41) is 0. The maximum Gasteiger partial charge on any atom is 0.335 e. The summed E-state index contributed by atoms with van der Waals surface area (Å²) in [5.41, 5.74) is 6.21. The van der Waals surface area contributed by atoms with E-state index in [4.69, 9.17) is 14.2 Å². The smallest absolute Gasteiger partial charge is 0.335 e. The number of hydrogen-bond donors (Lipinski definition) is 0. The normalized spacial score (nSPS) is 14.1. The Labute approximate surface area is 181 Å². The minimum absolute atomic E-state index is 0.327. The van der Waals surface area contributed by atoms with Crippen LogP contribution in [0.25, 0.3) is 16.7 Å². The Morgan fingerprint density at radius 3 is 2.84 bits per heavy atom. The number of carbonyl (C=O) groups excluding carboxylic acids is 1. The van der Waals surface area contributed by atoms with Gasteiger partial charge in [-0.05, 0) is 48.4 Å². The van der Waals surface area contributed by atoms with E-state index in [0.717, 1.165) is 39.3 Å². The Morgan fingerprint density at radius 2 is 2.00 bits per heavy atom. The van der Waals surface area contributed by atoms with Crippen molar-refractivity contribution >= 4 is 11.5 Å². The van der Waals surface area contributed by atoms with Crippen LogP contribution >= 0.6 is 0 Å². The lowest BCUT2D eigenvalue weighted by molar-refractivity contribution is -0.154. The molecular weight excluding hydrogens is 392 g/mol. The molecule has 31 heavy (non-hydrogen) atoms. The highest BCUT2D eigenvalue weighted by Gasteiger charge is 2.24. The van der Waals surface area contributed by atoms with Crippen molar-refractivity contribution in [1.29, 1.82) is 0 Å². The average molecular weight is 416 g/mol.